The molecule has 3 aromatic rings. The normalized spacial score (nSPS) is 23.9. The molecule has 0 spiro atoms. The van der Waals surface area contributed by atoms with E-state index in [1.54, 1.807) is 7.11 Å². The second-order valence-electron chi connectivity index (χ2n) is 10.4. The highest BCUT2D eigenvalue weighted by Crippen LogP contribution is 2.35. The van der Waals surface area contributed by atoms with Crippen LogP contribution >= 0.6 is 0 Å². The molecule has 0 bridgehead atoms. The Bertz CT molecular complexity index is 1250. The molecule has 3 saturated heterocycles. The fourth-order valence-corrected chi connectivity index (χ4v) is 5.96. The van der Waals surface area contributed by atoms with E-state index in [0.29, 0.717) is 30.9 Å². The molecule has 0 radical (unpaired) electrons. The van der Waals surface area contributed by atoms with Crippen LogP contribution in [-0.2, 0) is 9.47 Å². The van der Waals surface area contributed by atoms with Crippen LogP contribution in [0, 0.1) is 6.92 Å². The van der Waals surface area contributed by atoms with Crippen LogP contribution < -0.4 is 9.64 Å². The van der Waals surface area contributed by atoms with Crippen molar-refractivity contribution in [3.05, 3.63) is 35.5 Å². The number of aromatic nitrogens is 4. The highest BCUT2D eigenvalue weighted by atomic mass is 16.5. The monoisotopic (exact) mass is 508 g/mol. The van der Waals surface area contributed by atoms with Crippen LogP contribution in [0.4, 0.5) is 5.82 Å². The fraction of sp³-hybridized carbons (Fsp3) is 0.593. The standard InChI is InChI=1S/C27H36N6O4/c1-17-10-20-13-28-33(23(20)11-22(17)19-4-6-31(7-5-19)21-15-36-16-21)26-12-25(29-27(30-26)35-3)32-8-9-37-24(14-34)18(32)2/h10-13,18-19,21,24,34H,4-9,14-16H2,1-3H3. The maximum absolute atomic E-state index is 9.73. The van der Waals surface area contributed by atoms with Gasteiger partial charge in [-0.2, -0.15) is 15.1 Å². The molecule has 1 aromatic carbocycles. The largest absolute Gasteiger partial charge is 0.467 e. The van der Waals surface area contributed by atoms with Crippen molar-refractivity contribution < 1.29 is 19.3 Å². The molecule has 2 atom stereocenters. The van der Waals surface area contributed by atoms with Gasteiger partial charge in [-0.3, -0.25) is 4.90 Å². The molecule has 1 N–H and O–H groups in total. The Morgan fingerprint density at radius 3 is 2.57 bits per heavy atom. The number of piperidine rings is 1. The van der Waals surface area contributed by atoms with Gasteiger partial charge in [-0.15, -0.1) is 0 Å². The lowest BCUT2D eigenvalue weighted by molar-refractivity contribution is -0.0712. The number of morpholine rings is 1. The first-order valence-electron chi connectivity index (χ1n) is 13.3. The minimum absolute atomic E-state index is 0.0350. The number of nitrogens with zero attached hydrogens (tertiary/aromatic N) is 6. The van der Waals surface area contributed by atoms with E-state index in [4.69, 9.17) is 19.3 Å². The lowest BCUT2D eigenvalue weighted by Crippen LogP contribution is -2.51. The van der Waals surface area contributed by atoms with Crippen molar-refractivity contribution >= 4 is 16.7 Å². The zero-order valence-corrected chi connectivity index (χ0v) is 21.8. The van der Waals surface area contributed by atoms with E-state index in [-0.39, 0.29) is 24.8 Å². The summed E-state index contributed by atoms with van der Waals surface area (Å²) in [5.74, 6) is 1.93. The number of aliphatic hydroxyl groups is 1. The topological polar surface area (TPSA) is 98.0 Å². The molecule has 10 heteroatoms. The van der Waals surface area contributed by atoms with Gasteiger partial charge in [-0.05, 0) is 69.0 Å². The smallest absolute Gasteiger partial charge is 0.320 e. The second-order valence-corrected chi connectivity index (χ2v) is 10.4. The van der Waals surface area contributed by atoms with Gasteiger partial charge < -0.3 is 24.2 Å². The summed E-state index contributed by atoms with van der Waals surface area (Å²) in [5.41, 5.74) is 3.74. The van der Waals surface area contributed by atoms with Crippen LogP contribution in [0.2, 0.25) is 0 Å². The van der Waals surface area contributed by atoms with Gasteiger partial charge in [0.25, 0.3) is 0 Å². The Hall–Kier alpha value is -2.79. The Morgan fingerprint density at radius 1 is 1.08 bits per heavy atom. The molecule has 37 heavy (non-hydrogen) atoms. The number of aliphatic hydroxyl groups excluding tert-OH is 1. The molecule has 2 aromatic heterocycles. The molecular weight excluding hydrogens is 472 g/mol. The van der Waals surface area contributed by atoms with Gasteiger partial charge >= 0.3 is 6.01 Å². The van der Waals surface area contributed by atoms with Crippen LogP contribution in [0.5, 0.6) is 6.01 Å². The summed E-state index contributed by atoms with van der Waals surface area (Å²) in [4.78, 5) is 14.0. The number of methoxy groups -OCH3 is 1. The number of benzene rings is 1. The number of rotatable bonds is 6. The van der Waals surface area contributed by atoms with Crippen molar-refractivity contribution in [1.82, 2.24) is 24.6 Å². The molecule has 3 fully saturated rings. The average molecular weight is 509 g/mol. The van der Waals surface area contributed by atoms with Gasteiger partial charge in [-0.25, -0.2) is 4.68 Å². The van der Waals surface area contributed by atoms with Gasteiger partial charge in [0.15, 0.2) is 5.82 Å². The highest BCUT2D eigenvalue weighted by molar-refractivity contribution is 5.82. The van der Waals surface area contributed by atoms with Crippen LogP contribution in [0.1, 0.15) is 36.8 Å². The summed E-state index contributed by atoms with van der Waals surface area (Å²) >= 11 is 0. The van der Waals surface area contributed by atoms with Gasteiger partial charge in [0.05, 0.1) is 57.3 Å². The van der Waals surface area contributed by atoms with Crippen LogP contribution in [0.3, 0.4) is 0 Å². The van der Waals surface area contributed by atoms with Crippen molar-refractivity contribution in [1.29, 1.82) is 0 Å². The molecule has 3 aliphatic heterocycles. The number of ether oxygens (including phenoxy) is 3. The Morgan fingerprint density at radius 2 is 1.86 bits per heavy atom. The maximum atomic E-state index is 9.73. The third-order valence-electron chi connectivity index (χ3n) is 8.31. The quantitative estimate of drug-likeness (QED) is 0.538. The van der Waals surface area contributed by atoms with Crippen LogP contribution in [0.15, 0.2) is 24.4 Å². The number of hydrogen-bond donors (Lipinski definition) is 1. The lowest BCUT2D eigenvalue weighted by atomic mass is 9.85. The third kappa shape index (κ3) is 4.56. The predicted octanol–water partition coefficient (Wildman–Crippen LogP) is 2.30. The molecular formula is C27H36N6O4. The van der Waals surface area contributed by atoms with E-state index in [2.05, 4.69) is 38.8 Å². The molecule has 0 saturated carbocycles. The predicted molar refractivity (Wildman–Crippen MR) is 140 cm³/mol. The highest BCUT2D eigenvalue weighted by Gasteiger charge is 2.32. The Labute approximate surface area is 217 Å². The summed E-state index contributed by atoms with van der Waals surface area (Å²) < 4.78 is 18.5. The first kappa shape index (κ1) is 24.5. The summed E-state index contributed by atoms with van der Waals surface area (Å²) in [7, 11) is 1.58. The van der Waals surface area contributed by atoms with Crippen molar-refractivity contribution in [2.45, 2.75) is 50.8 Å². The molecule has 5 heterocycles. The van der Waals surface area contributed by atoms with Gasteiger partial charge in [0, 0.05) is 18.0 Å². The summed E-state index contributed by atoms with van der Waals surface area (Å²) in [6.07, 6.45) is 3.95. The fourth-order valence-electron chi connectivity index (χ4n) is 5.96. The molecule has 0 amide bonds. The molecule has 10 nitrogen and oxygen atoms in total. The Balaban J connectivity index is 1.33. The van der Waals surface area contributed by atoms with E-state index in [0.717, 1.165) is 55.9 Å². The minimum Gasteiger partial charge on any atom is -0.467 e. The average Bonchev–Trinajstić information content (AvgIpc) is 3.30. The number of hydrogen-bond acceptors (Lipinski definition) is 9. The first-order chi connectivity index (χ1) is 18.1. The molecule has 0 aliphatic carbocycles. The molecule has 2 unspecified atom stereocenters. The van der Waals surface area contributed by atoms with E-state index >= 15 is 0 Å². The zero-order chi connectivity index (χ0) is 25.5. The lowest BCUT2D eigenvalue weighted by Gasteiger charge is -2.41. The van der Waals surface area contributed by atoms with Gasteiger partial charge in [0.1, 0.15) is 11.9 Å². The van der Waals surface area contributed by atoms with E-state index in [1.165, 1.54) is 11.1 Å². The SMILES string of the molecule is COc1nc(N2CCOC(CO)C2C)cc(-n2ncc3cc(C)c(C4CCN(C5COC5)CC4)cc32)n1. The second kappa shape index (κ2) is 10.2. The summed E-state index contributed by atoms with van der Waals surface area (Å²) in [6.45, 7) is 9.40. The molecule has 6 rings (SSSR count). The molecule has 198 valence electrons. The minimum atomic E-state index is -0.266. The Kier molecular flexibility index (Phi) is 6.74. The number of likely N-dealkylation sites (tertiary alicyclic amines) is 1. The van der Waals surface area contributed by atoms with Crippen LogP contribution in [0.25, 0.3) is 16.7 Å². The van der Waals surface area contributed by atoms with Gasteiger partial charge in [-0.1, -0.05) is 0 Å². The van der Waals surface area contributed by atoms with Crippen molar-refractivity contribution in [2.75, 3.05) is 58.1 Å². The number of fused-ring (bicyclic) bond motifs is 1. The third-order valence-corrected chi connectivity index (χ3v) is 8.31. The van der Waals surface area contributed by atoms with Gasteiger partial charge in [0.2, 0.25) is 0 Å². The van der Waals surface area contributed by atoms with Crippen LogP contribution in [-0.4, -0.2) is 101 Å². The number of anilines is 1. The van der Waals surface area contributed by atoms with E-state index in [9.17, 15) is 5.11 Å². The number of aryl methyl sites for hydroxylation is 1. The van der Waals surface area contributed by atoms with Crippen molar-refractivity contribution in [2.24, 2.45) is 0 Å². The van der Waals surface area contributed by atoms with E-state index in [1.807, 2.05) is 23.9 Å². The maximum Gasteiger partial charge on any atom is 0.320 e. The van der Waals surface area contributed by atoms with E-state index < -0.39 is 0 Å². The first-order valence-corrected chi connectivity index (χ1v) is 13.3. The van der Waals surface area contributed by atoms with Crippen molar-refractivity contribution in [3.8, 4) is 11.8 Å². The molecule has 3 aliphatic rings. The summed E-state index contributed by atoms with van der Waals surface area (Å²) in [5, 5.41) is 15.5. The summed E-state index contributed by atoms with van der Waals surface area (Å²) in [6, 6.07) is 7.36. The van der Waals surface area contributed by atoms with Crippen molar-refractivity contribution in [3.63, 3.8) is 0 Å². The zero-order valence-electron chi connectivity index (χ0n) is 21.8.